The first-order chi connectivity index (χ1) is 13.5. The van der Waals surface area contributed by atoms with Gasteiger partial charge in [0.25, 0.3) is 5.91 Å². The van der Waals surface area contributed by atoms with Crippen LogP contribution in [0.5, 0.6) is 0 Å². The van der Waals surface area contributed by atoms with Crippen LogP contribution in [0.25, 0.3) is 0 Å². The van der Waals surface area contributed by atoms with Crippen molar-refractivity contribution in [3.63, 3.8) is 0 Å². The summed E-state index contributed by atoms with van der Waals surface area (Å²) in [4.78, 5) is 32.3. The molecular formula is C21H20N4O3. The Morgan fingerprint density at radius 1 is 1.00 bits per heavy atom. The summed E-state index contributed by atoms with van der Waals surface area (Å²) in [5.74, 6) is -0.432. The zero-order chi connectivity index (χ0) is 19.9. The Morgan fingerprint density at radius 3 is 2.39 bits per heavy atom. The van der Waals surface area contributed by atoms with Crippen LogP contribution in [-0.4, -0.2) is 29.0 Å². The predicted molar refractivity (Wildman–Crippen MR) is 106 cm³/mol. The Hall–Kier alpha value is -3.74. The summed E-state index contributed by atoms with van der Waals surface area (Å²) in [6, 6.07) is 16.1. The summed E-state index contributed by atoms with van der Waals surface area (Å²) in [6.07, 6.45) is 1.53. The Bertz CT molecular complexity index is 970. The first kappa shape index (κ1) is 19.0. The summed E-state index contributed by atoms with van der Waals surface area (Å²) < 4.78 is 4.65. The molecule has 0 atom stereocenters. The minimum atomic E-state index is -0.432. The molecule has 0 bridgehead atoms. The fourth-order valence-electron chi connectivity index (χ4n) is 2.46. The maximum atomic E-state index is 12.4. The molecule has 142 valence electrons. The van der Waals surface area contributed by atoms with Gasteiger partial charge in [-0.05, 0) is 42.8 Å². The second kappa shape index (κ2) is 8.77. The SMILES string of the molecule is COC(=O)c1ccc(NC(=O)c2ccnc(NCc3ccc(C)cc3)n2)cc1. The van der Waals surface area contributed by atoms with Crippen molar-refractivity contribution in [1.82, 2.24) is 9.97 Å². The van der Waals surface area contributed by atoms with E-state index in [1.165, 1.54) is 24.9 Å². The lowest BCUT2D eigenvalue weighted by molar-refractivity contribution is 0.0600. The summed E-state index contributed by atoms with van der Waals surface area (Å²) in [5.41, 5.74) is 3.47. The Balaban J connectivity index is 1.63. The molecule has 0 fully saturated rings. The van der Waals surface area contributed by atoms with Crippen molar-refractivity contribution in [2.45, 2.75) is 13.5 Å². The van der Waals surface area contributed by atoms with Crippen LogP contribution >= 0.6 is 0 Å². The first-order valence-corrected chi connectivity index (χ1v) is 8.67. The molecule has 0 radical (unpaired) electrons. The van der Waals surface area contributed by atoms with Gasteiger partial charge in [0.1, 0.15) is 5.69 Å². The molecule has 0 aliphatic carbocycles. The van der Waals surface area contributed by atoms with E-state index in [2.05, 4.69) is 25.3 Å². The lowest BCUT2D eigenvalue weighted by Crippen LogP contribution is -2.15. The Kier molecular flexibility index (Phi) is 5.96. The molecule has 7 heteroatoms. The number of aromatic nitrogens is 2. The average molecular weight is 376 g/mol. The summed E-state index contributed by atoms with van der Waals surface area (Å²) in [7, 11) is 1.32. The van der Waals surface area contributed by atoms with Crippen LogP contribution < -0.4 is 10.6 Å². The van der Waals surface area contributed by atoms with E-state index in [1.54, 1.807) is 24.3 Å². The topological polar surface area (TPSA) is 93.2 Å². The lowest BCUT2D eigenvalue weighted by atomic mass is 10.1. The second-order valence-electron chi connectivity index (χ2n) is 6.13. The second-order valence-corrected chi connectivity index (χ2v) is 6.13. The number of nitrogens with one attached hydrogen (secondary N) is 2. The van der Waals surface area contributed by atoms with E-state index in [9.17, 15) is 9.59 Å². The van der Waals surface area contributed by atoms with Gasteiger partial charge in [-0.2, -0.15) is 0 Å². The highest BCUT2D eigenvalue weighted by molar-refractivity contribution is 6.03. The van der Waals surface area contributed by atoms with Gasteiger partial charge in [0.15, 0.2) is 0 Å². The van der Waals surface area contributed by atoms with Crippen molar-refractivity contribution in [2.24, 2.45) is 0 Å². The maximum Gasteiger partial charge on any atom is 0.337 e. The fraction of sp³-hybridized carbons (Fsp3) is 0.143. The molecule has 1 amide bonds. The quantitative estimate of drug-likeness (QED) is 0.640. The van der Waals surface area contributed by atoms with Crippen molar-refractivity contribution >= 4 is 23.5 Å². The van der Waals surface area contributed by atoms with Crippen LogP contribution in [-0.2, 0) is 11.3 Å². The monoisotopic (exact) mass is 376 g/mol. The molecule has 0 saturated carbocycles. The van der Waals surface area contributed by atoms with Crippen LogP contribution in [0.4, 0.5) is 11.6 Å². The van der Waals surface area contributed by atoms with Gasteiger partial charge in [0, 0.05) is 18.4 Å². The summed E-state index contributed by atoms with van der Waals surface area (Å²) >= 11 is 0. The number of aryl methyl sites for hydroxylation is 1. The largest absolute Gasteiger partial charge is 0.465 e. The molecule has 3 aromatic rings. The molecule has 1 aromatic heterocycles. The van der Waals surface area contributed by atoms with Crippen molar-refractivity contribution in [3.8, 4) is 0 Å². The third-order valence-corrected chi connectivity index (χ3v) is 4.02. The number of hydrogen-bond donors (Lipinski definition) is 2. The van der Waals surface area contributed by atoms with Gasteiger partial charge in [-0.25, -0.2) is 14.8 Å². The molecule has 0 spiro atoms. The molecule has 0 aliphatic rings. The number of methoxy groups -OCH3 is 1. The zero-order valence-electron chi connectivity index (χ0n) is 15.6. The van der Waals surface area contributed by atoms with Crippen molar-refractivity contribution in [3.05, 3.63) is 83.2 Å². The number of hydrogen-bond acceptors (Lipinski definition) is 6. The average Bonchev–Trinajstić information content (AvgIpc) is 2.73. The normalized spacial score (nSPS) is 10.2. The van der Waals surface area contributed by atoms with E-state index >= 15 is 0 Å². The molecule has 28 heavy (non-hydrogen) atoms. The molecule has 2 N–H and O–H groups in total. The molecule has 3 rings (SSSR count). The summed E-state index contributed by atoms with van der Waals surface area (Å²) in [5, 5.41) is 5.85. The minimum Gasteiger partial charge on any atom is -0.465 e. The van der Waals surface area contributed by atoms with Gasteiger partial charge in [-0.3, -0.25) is 4.79 Å². The Labute approximate surface area is 162 Å². The highest BCUT2D eigenvalue weighted by Gasteiger charge is 2.10. The number of nitrogens with zero attached hydrogens (tertiary/aromatic N) is 2. The van der Waals surface area contributed by atoms with Gasteiger partial charge >= 0.3 is 5.97 Å². The van der Waals surface area contributed by atoms with E-state index < -0.39 is 5.97 Å². The van der Waals surface area contributed by atoms with Crippen LogP contribution in [0, 0.1) is 6.92 Å². The number of ether oxygens (including phenoxy) is 1. The van der Waals surface area contributed by atoms with E-state index in [4.69, 9.17) is 0 Å². The molecule has 0 saturated heterocycles. The van der Waals surface area contributed by atoms with E-state index in [0.29, 0.717) is 23.7 Å². The highest BCUT2D eigenvalue weighted by Crippen LogP contribution is 2.12. The maximum absolute atomic E-state index is 12.4. The van der Waals surface area contributed by atoms with Gasteiger partial charge in [0.2, 0.25) is 5.95 Å². The number of rotatable bonds is 6. The van der Waals surface area contributed by atoms with Crippen LogP contribution in [0.15, 0.2) is 60.8 Å². The van der Waals surface area contributed by atoms with E-state index in [-0.39, 0.29) is 11.6 Å². The van der Waals surface area contributed by atoms with Gasteiger partial charge in [-0.1, -0.05) is 29.8 Å². The first-order valence-electron chi connectivity index (χ1n) is 8.67. The number of anilines is 2. The highest BCUT2D eigenvalue weighted by atomic mass is 16.5. The number of esters is 1. The molecule has 1 heterocycles. The molecule has 0 unspecified atom stereocenters. The Morgan fingerprint density at radius 2 is 1.71 bits per heavy atom. The standard InChI is InChI=1S/C21H20N4O3/c1-14-3-5-15(6-4-14)13-23-21-22-12-11-18(25-21)19(26)24-17-9-7-16(8-10-17)20(27)28-2/h3-12H,13H2,1-2H3,(H,24,26)(H,22,23,25). The third kappa shape index (κ3) is 4.91. The molecule has 2 aromatic carbocycles. The van der Waals surface area contributed by atoms with Crippen LogP contribution in [0.1, 0.15) is 32.0 Å². The third-order valence-electron chi connectivity index (χ3n) is 4.02. The van der Waals surface area contributed by atoms with E-state index in [0.717, 1.165) is 5.56 Å². The molecule has 0 aliphatic heterocycles. The lowest BCUT2D eigenvalue weighted by Gasteiger charge is -2.08. The van der Waals surface area contributed by atoms with Crippen LogP contribution in [0.3, 0.4) is 0 Å². The van der Waals surface area contributed by atoms with E-state index in [1.807, 2.05) is 31.2 Å². The number of carbonyl (C=O) groups is 2. The van der Waals surface area contributed by atoms with Gasteiger partial charge in [-0.15, -0.1) is 0 Å². The van der Waals surface area contributed by atoms with Gasteiger partial charge in [0.05, 0.1) is 12.7 Å². The van der Waals surface area contributed by atoms with Crippen molar-refractivity contribution < 1.29 is 14.3 Å². The predicted octanol–water partition coefficient (Wildman–Crippen LogP) is 3.44. The molecular weight excluding hydrogens is 356 g/mol. The smallest absolute Gasteiger partial charge is 0.337 e. The fourth-order valence-corrected chi connectivity index (χ4v) is 2.46. The van der Waals surface area contributed by atoms with Gasteiger partial charge < -0.3 is 15.4 Å². The zero-order valence-corrected chi connectivity index (χ0v) is 15.6. The number of benzene rings is 2. The molecule has 7 nitrogen and oxygen atoms in total. The van der Waals surface area contributed by atoms with Crippen molar-refractivity contribution in [1.29, 1.82) is 0 Å². The van der Waals surface area contributed by atoms with Crippen molar-refractivity contribution in [2.75, 3.05) is 17.7 Å². The number of amides is 1. The van der Waals surface area contributed by atoms with Crippen LogP contribution in [0.2, 0.25) is 0 Å². The summed E-state index contributed by atoms with van der Waals surface area (Å²) in [6.45, 7) is 2.59. The minimum absolute atomic E-state index is 0.235. The number of carbonyl (C=O) groups excluding carboxylic acids is 2.